The van der Waals surface area contributed by atoms with Crippen LogP contribution in [0.3, 0.4) is 0 Å². The molecular weight excluding hydrogens is 194 g/mol. The van der Waals surface area contributed by atoms with E-state index in [0.717, 1.165) is 6.42 Å². The molecule has 0 spiro atoms. The Labute approximate surface area is 88.5 Å². The van der Waals surface area contributed by atoms with Gasteiger partial charge >= 0.3 is 0 Å². The lowest BCUT2D eigenvalue weighted by Crippen LogP contribution is -2.25. The quantitative estimate of drug-likeness (QED) is 0.687. The molecule has 0 saturated heterocycles. The van der Waals surface area contributed by atoms with Crippen molar-refractivity contribution in [1.29, 1.82) is 0 Å². The number of rotatable bonds is 5. The molecule has 1 rings (SSSR count). The van der Waals surface area contributed by atoms with Gasteiger partial charge in [0.2, 0.25) is 0 Å². The van der Waals surface area contributed by atoms with Crippen LogP contribution in [0.15, 0.2) is 18.5 Å². The zero-order valence-electron chi connectivity index (χ0n) is 8.68. The van der Waals surface area contributed by atoms with Crippen molar-refractivity contribution in [3.63, 3.8) is 0 Å². The Hall–Kier alpha value is -1.49. The topological polar surface area (TPSA) is 75.1 Å². The van der Waals surface area contributed by atoms with Crippen LogP contribution in [-0.2, 0) is 0 Å². The number of hydrogen-bond donors (Lipinski definition) is 2. The van der Waals surface area contributed by atoms with E-state index in [1.807, 2.05) is 0 Å². The Morgan fingerprint density at radius 3 is 3.00 bits per heavy atom. The van der Waals surface area contributed by atoms with Crippen LogP contribution in [0.1, 0.15) is 30.1 Å². The Morgan fingerprint density at radius 1 is 1.60 bits per heavy atom. The minimum absolute atomic E-state index is 0.157. The molecule has 1 heterocycles. The third kappa shape index (κ3) is 4.51. The van der Waals surface area contributed by atoms with Crippen molar-refractivity contribution >= 4 is 5.91 Å². The molecule has 1 aromatic heterocycles. The second-order valence-electron chi connectivity index (χ2n) is 3.38. The van der Waals surface area contributed by atoms with Crippen LogP contribution in [0, 0.1) is 0 Å². The molecule has 2 N–H and O–H groups in total. The molecule has 0 fully saturated rings. The van der Waals surface area contributed by atoms with Crippen LogP contribution >= 0.6 is 0 Å². The van der Waals surface area contributed by atoms with E-state index in [0.29, 0.717) is 18.5 Å². The number of aromatic nitrogens is 2. The van der Waals surface area contributed by atoms with Crippen molar-refractivity contribution in [2.75, 3.05) is 6.54 Å². The maximum atomic E-state index is 11.4. The highest BCUT2D eigenvalue weighted by atomic mass is 16.3. The molecule has 1 atom stereocenters. The van der Waals surface area contributed by atoms with Gasteiger partial charge in [0.15, 0.2) is 0 Å². The summed E-state index contributed by atoms with van der Waals surface area (Å²) >= 11 is 0. The van der Waals surface area contributed by atoms with E-state index in [1.165, 1.54) is 12.4 Å². The van der Waals surface area contributed by atoms with Crippen LogP contribution in [0.5, 0.6) is 0 Å². The van der Waals surface area contributed by atoms with Gasteiger partial charge in [0.05, 0.1) is 24.1 Å². The lowest BCUT2D eigenvalue weighted by molar-refractivity contribution is 0.0949. The first-order chi connectivity index (χ1) is 7.20. The summed E-state index contributed by atoms with van der Waals surface area (Å²) in [5.41, 5.74) is 0.502. The van der Waals surface area contributed by atoms with Gasteiger partial charge in [0, 0.05) is 6.54 Å². The van der Waals surface area contributed by atoms with Gasteiger partial charge in [0.1, 0.15) is 0 Å². The fourth-order valence-corrected chi connectivity index (χ4v) is 1.13. The standard InChI is InChI=1S/C10H15N3O2/c1-8(14)3-2-5-11-10(15)9-4-6-12-13-7-9/h4,6-8,14H,2-3,5H2,1H3,(H,11,15). The molecule has 1 unspecified atom stereocenters. The van der Waals surface area contributed by atoms with Crippen LogP contribution < -0.4 is 5.32 Å². The van der Waals surface area contributed by atoms with Crippen LogP contribution in [0.4, 0.5) is 0 Å². The second-order valence-corrected chi connectivity index (χ2v) is 3.38. The average molecular weight is 209 g/mol. The molecule has 5 heteroatoms. The molecule has 1 amide bonds. The van der Waals surface area contributed by atoms with Crippen molar-refractivity contribution < 1.29 is 9.90 Å². The van der Waals surface area contributed by atoms with Gasteiger partial charge in [-0.05, 0) is 25.8 Å². The molecule has 0 radical (unpaired) electrons. The van der Waals surface area contributed by atoms with E-state index in [4.69, 9.17) is 5.11 Å². The van der Waals surface area contributed by atoms with Gasteiger partial charge in [0.25, 0.3) is 5.91 Å². The van der Waals surface area contributed by atoms with Gasteiger partial charge in [-0.3, -0.25) is 4.79 Å². The first-order valence-electron chi connectivity index (χ1n) is 4.93. The summed E-state index contributed by atoms with van der Waals surface area (Å²) in [5.74, 6) is -0.157. The second kappa shape index (κ2) is 6.08. The SMILES string of the molecule is CC(O)CCCNC(=O)c1ccnnc1. The monoisotopic (exact) mass is 209 g/mol. The fourth-order valence-electron chi connectivity index (χ4n) is 1.13. The summed E-state index contributed by atoms with van der Waals surface area (Å²) in [6.45, 7) is 2.29. The van der Waals surface area contributed by atoms with Crippen molar-refractivity contribution in [3.05, 3.63) is 24.0 Å². The summed E-state index contributed by atoms with van der Waals surface area (Å²) < 4.78 is 0. The zero-order chi connectivity index (χ0) is 11.1. The fraction of sp³-hybridized carbons (Fsp3) is 0.500. The molecule has 0 aliphatic heterocycles. The number of aliphatic hydroxyl groups excluding tert-OH is 1. The average Bonchev–Trinajstić information content (AvgIpc) is 2.25. The first kappa shape index (κ1) is 11.6. The minimum Gasteiger partial charge on any atom is -0.393 e. The van der Waals surface area contributed by atoms with E-state index in [2.05, 4.69) is 15.5 Å². The predicted molar refractivity (Wildman–Crippen MR) is 55.3 cm³/mol. The lowest BCUT2D eigenvalue weighted by Gasteiger charge is -2.05. The Balaban J connectivity index is 2.25. The normalized spacial score (nSPS) is 12.1. The zero-order valence-corrected chi connectivity index (χ0v) is 8.68. The van der Waals surface area contributed by atoms with Crippen molar-refractivity contribution in [3.8, 4) is 0 Å². The number of nitrogens with zero attached hydrogens (tertiary/aromatic N) is 2. The molecule has 82 valence electrons. The van der Waals surface area contributed by atoms with Gasteiger partial charge in [-0.15, -0.1) is 0 Å². The maximum Gasteiger partial charge on any atom is 0.252 e. The van der Waals surface area contributed by atoms with Crippen LogP contribution in [0.25, 0.3) is 0 Å². The van der Waals surface area contributed by atoms with E-state index in [9.17, 15) is 4.79 Å². The van der Waals surface area contributed by atoms with E-state index < -0.39 is 0 Å². The molecule has 0 aliphatic rings. The highest BCUT2D eigenvalue weighted by Crippen LogP contribution is 1.96. The third-order valence-corrected chi connectivity index (χ3v) is 1.93. The molecule has 0 aromatic carbocycles. The van der Waals surface area contributed by atoms with Crippen molar-refractivity contribution in [1.82, 2.24) is 15.5 Å². The summed E-state index contributed by atoms with van der Waals surface area (Å²) in [7, 11) is 0. The van der Waals surface area contributed by atoms with Crippen molar-refractivity contribution in [2.24, 2.45) is 0 Å². The Kier molecular flexibility index (Phi) is 4.70. The number of carbonyl (C=O) groups is 1. The smallest absolute Gasteiger partial charge is 0.252 e. The summed E-state index contributed by atoms with van der Waals surface area (Å²) in [6, 6.07) is 1.61. The van der Waals surface area contributed by atoms with Gasteiger partial charge < -0.3 is 10.4 Å². The summed E-state index contributed by atoms with van der Waals surface area (Å²) in [4.78, 5) is 11.4. The molecule has 5 nitrogen and oxygen atoms in total. The minimum atomic E-state index is -0.315. The number of carbonyl (C=O) groups excluding carboxylic acids is 1. The van der Waals surface area contributed by atoms with Crippen LogP contribution in [0.2, 0.25) is 0 Å². The molecule has 15 heavy (non-hydrogen) atoms. The van der Waals surface area contributed by atoms with Gasteiger partial charge in [-0.1, -0.05) is 0 Å². The van der Waals surface area contributed by atoms with Gasteiger partial charge in [-0.2, -0.15) is 10.2 Å². The molecule has 0 aliphatic carbocycles. The van der Waals surface area contributed by atoms with E-state index >= 15 is 0 Å². The highest BCUT2D eigenvalue weighted by Gasteiger charge is 2.04. The highest BCUT2D eigenvalue weighted by molar-refractivity contribution is 5.93. The van der Waals surface area contributed by atoms with E-state index in [-0.39, 0.29) is 12.0 Å². The number of hydrogen-bond acceptors (Lipinski definition) is 4. The molecular formula is C10H15N3O2. The number of nitrogens with one attached hydrogen (secondary N) is 1. The van der Waals surface area contributed by atoms with Crippen molar-refractivity contribution in [2.45, 2.75) is 25.9 Å². The summed E-state index contributed by atoms with van der Waals surface area (Å²) in [6.07, 6.45) is 4.04. The molecule has 0 bridgehead atoms. The van der Waals surface area contributed by atoms with E-state index in [1.54, 1.807) is 13.0 Å². The maximum absolute atomic E-state index is 11.4. The summed E-state index contributed by atoms with van der Waals surface area (Å²) in [5, 5.41) is 18.9. The van der Waals surface area contributed by atoms with Crippen LogP contribution in [-0.4, -0.2) is 33.9 Å². The number of amides is 1. The predicted octanol–water partition coefficient (Wildman–Crippen LogP) is 0.367. The largest absolute Gasteiger partial charge is 0.393 e. The van der Waals surface area contributed by atoms with Gasteiger partial charge in [-0.25, -0.2) is 0 Å². The third-order valence-electron chi connectivity index (χ3n) is 1.93. The molecule has 1 aromatic rings. The Morgan fingerprint density at radius 2 is 2.40 bits per heavy atom. The molecule has 0 saturated carbocycles. The number of aliphatic hydroxyl groups is 1. The first-order valence-corrected chi connectivity index (χ1v) is 4.93. The Bertz CT molecular complexity index is 301. The lowest BCUT2D eigenvalue weighted by atomic mass is 10.2.